The highest BCUT2D eigenvalue weighted by atomic mass is 16.1. The van der Waals surface area contributed by atoms with Crippen LogP contribution in [0.15, 0.2) is 97.1 Å². The van der Waals surface area contributed by atoms with Crippen molar-refractivity contribution in [2.75, 3.05) is 0 Å². The number of fused-ring (bicyclic) bond motifs is 1. The van der Waals surface area contributed by atoms with E-state index in [-0.39, 0.29) is 11.9 Å². The van der Waals surface area contributed by atoms with Crippen LogP contribution in [0.2, 0.25) is 0 Å². The Balaban J connectivity index is 1.18. The van der Waals surface area contributed by atoms with Gasteiger partial charge in [0.2, 0.25) is 0 Å². The lowest BCUT2D eigenvalue weighted by atomic mass is 10.0. The first-order valence-electron chi connectivity index (χ1n) is 13.1. The highest BCUT2D eigenvalue weighted by molar-refractivity contribution is 5.98. The standard InChI is InChI=1S/C33H31N3O/c1-22(28-9-6-10-29(19-28)27-15-16-27)34-33(37)30-17-18-32-31(20-30)23(2)35-36(32)21-24-11-13-26(14-12-24)25-7-4-3-5-8-25/h3-14,17-20,22,27H,15-16,21H2,1-2H3,(H,34,37)/t22-/m0/s1. The summed E-state index contributed by atoms with van der Waals surface area (Å²) >= 11 is 0. The van der Waals surface area contributed by atoms with Gasteiger partial charge in [-0.25, -0.2) is 0 Å². The average Bonchev–Trinajstić information content (AvgIpc) is 3.74. The van der Waals surface area contributed by atoms with Crippen molar-refractivity contribution in [1.82, 2.24) is 15.1 Å². The molecule has 5 aromatic rings. The van der Waals surface area contributed by atoms with Crippen LogP contribution in [0.3, 0.4) is 0 Å². The van der Waals surface area contributed by atoms with Crippen molar-refractivity contribution in [2.45, 2.75) is 45.2 Å². The Morgan fingerprint density at radius 1 is 0.919 bits per heavy atom. The zero-order chi connectivity index (χ0) is 25.4. The van der Waals surface area contributed by atoms with E-state index < -0.39 is 0 Å². The molecule has 0 spiro atoms. The fourth-order valence-corrected chi connectivity index (χ4v) is 5.07. The molecule has 4 aromatic carbocycles. The third-order valence-electron chi connectivity index (χ3n) is 7.40. The number of aromatic nitrogens is 2. The van der Waals surface area contributed by atoms with Crippen molar-refractivity contribution < 1.29 is 4.79 Å². The summed E-state index contributed by atoms with van der Waals surface area (Å²) in [7, 11) is 0. The van der Waals surface area contributed by atoms with Crippen molar-refractivity contribution in [3.8, 4) is 11.1 Å². The first-order chi connectivity index (χ1) is 18.0. The first-order valence-corrected chi connectivity index (χ1v) is 13.1. The molecule has 1 heterocycles. The summed E-state index contributed by atoms with van der Waals surface area (Å²) in [5.41, 5.74) is 8.77. The quantitative estimate of drug-likeness (QED) is 0.261. The molecule has 1 aliphatic rings. The highest BCUT2D eigenvalue weighted by Gasteiger charge is 2.24. The van der Waals surface area contributed by atoms with Gasteiger partial charge in [-0.1, -0.05) is 78.9 Å². The van der Waals surface area contributed by atoms with Gasteiger partial charge in [-0.05, 0) is 78.6 Å². The number of rotatable bonds is 7. The van der Waals surface area contributed by atoms with E-state index >= 15 is 0 Å². The SMILES string of the molecule is Cc1nn(Cc2ccc(-c3ccccc3)cc2)c2ccc(C(=O)N[C@@H](C)c3cccc(C4CC4)c3)cc12. The Kier molecular flexibility index (Phi) is 6.09. The van der Waals surface area contributed by atoms with Crippen LogP contribution in [-0.2, 0) is 6.54 Å². The van der Waals surface area contributed by atoms with E-state index in [2.05, 4.69) is 85.0 Å². The molecule has 4 heteroatoms. The predicted molar refractivity (Wildman–Crippen MR) is 150 cm³/mol. The van der Waals surface area contributed by atoms with Gasteiger partial charge in [0, 0.05) is 10.9 Å². The lowest BCUT2D eigenvalue weighted by molar-refractivity contribution is 0.0940. The van der Waals surface area contributed by atoms with E-state index in [1.54, 1.807) is 0 Å². The van der Waals surface area contributed by atoms with Crippen LogP contribution >= 0.6 is 0 Å². The second kappa shape index (κ2) is 9.70. The molecule has 0 radical (unpaired) electrons. The molecule has 1 saturated carbocycles. The van der Waals surface area contributed by atoms with E-state index in [0.717, 1.165) is 22.2 Å². The van der Waals surface area contributed by atoms with Gasteiger partial charge < -0.3 is 5.32 Å². The third-order valence-corrected chi connectivity index (χ3v) is 7.40. The van der Waals surface area contributed by atoms with Gasteiger partial charge in [0.15, 0.2) is 0 Å². The maximum Gasteiger partial charge on any atom is 0.251 e. The molecule has 0 aliphatic heterocycles. The molecule has 37 heavy (non-hydrogen) atoms. The van der Waals surface area contributed by atoms with Gasteiger partial charge in [0.1, 0.15) is 0 Å². The van der Waals surface area contributed by atoms with Crippen molar-refractivity contribution in [3.63, 3.8) is 0 Å². The van der Waals surface area contributed by atoms with Crippen LogP contribution < -0.4 is 5.32 Å². The van der Waals surface area contributed by atoms with Crippen LogP contribution in [0.25, 0.3) is 22.0 Å². The molecule has 1 amide bonds. The monoisotopic (exact) mass is 485 g/mol. The molecule has 0 unspecified atom stereocenters. The Morgan fingerprint density at radius 2 is 1.68 bits per heavy atom. The number of aryl methyl sites for hydroxylation is 1. The molecule has 4 nitrogen and oxygen atoms in total. The molecule has 1 atom stereocenters. The summed E-state index contributed by atoms with van der Waals surface area (Å²) in [6, 6.07) is 33.5. The Hall–Kier alpha value is -4.18. The fraction of sp³-hybridized carbons (Fsp3) is 0.212. The van der Waals surface area contributed by atoms with Gasteiger partial charge in [-0.3, -0.25) is 9.48 Å². The minimum absolute atomic E-state index is 0.0513. The molecule has 0 bridgehead atoms. The average molecular weight is 486 g/mol. The van der Waals surface area contributed by atoms with E-state index in [1.165, 1.54) is 35.1 Å². The number of nitrogens with one attached hydrogen (secondary N) is 1. The Labute approximate surface area is 218 Å². The summed E-state index contributed by atoms with van der Waals surface area (Å²) in [5, 5.41) is 8.99. The minimum Gasteiger partial charge on any atom is -0.346 e. The maximum atomic E-state index is 13.1. The number of benzene rings is 4. The van der Waals surface area contributed by atoms with E-state index in [4.69, 9.17) is 5.10 Å². The molecule has 1 fully saturated rings. The number of carbonyl (C=O) groups excluding carboxylic acids is 1. The van der Waals surface area contributed by atoms with Crippen LogP contribution in [-0.4, -0.2) is 15.7 Å². The molecule has 0 saturated heterocycles. The number of hydrogen-bond donors (Lipinski definition) is 1. The zero-order valence-corrected chi connectivity index (χ0v) is 21.3. The zero-order valence-electron chi connectivity index (χ0n) is 21.3. The topological polar surface area (TPSA) is 46.9 Å². The summed E-state index contributed by atoms with van der Waals surface area (Å²) in [6.07, 6.45) is 2.55. The Morgan fingerprint density at radius 3 is 2.43 bits per heavy atom. The molecular formula is C33H31N3O. The van der Waals surface area contributed by atoms with Crippen LogP contribution in [0.5, 0.6) is 0 Å². The largest absolute Gasteiger partial charge is 0.346 e. The number of nitrogens with zero attached hydrogens (tertiary/aromatic N) is 2. The molecule has 1 aliphatic carbocycles. The van der Waals surface area contributed by atoms with E-state index in [0.29, 0.717) is 18.0 Å². The van der Waals surface area contributed by atoms with Gasteiger partial charge in [-0.15, -0.1) is 0 Å². The second-order valence-corrected chi connectivity index (χ2v) is 10.2. The van der Waals surface area contributed by atoms with Gasteiger partial charge in [-0.2, -0.15) is 5.10 Å². The highest BCUT2D eigenvalue weighted by Crippen LogP contribution is 2.40. The maximum absolute atomic E-state index is 13.1. The summed E-state index contributed by atoms with van der Waals surface area (Å²) in [5.74, 6) is 0.640. The molecule has 184 valence electrons. The van der Waals surface area contributed by atoms with Crippen LogP contribution in [0, 0.1) is 6.92 Å². The summed E-state index contributed by atoms with van der Waals surface area (Å²) < 4.78 is 2.02. The lowest BCUT2D eigenvalue weighted by Gasteiger charge is -2.15. The minimum atomic E-state index is -0.0603. The van der Waals surface area contributed by atoms with E-state index in [1.807, 2.05) is 35.9 Å². The van der Waals surface area contributed by atoms with Crippen molar-refractivity contribution in [1.29, 1.82) is 0 Å². The molecule has 6 rings (SSSR count). The van der Waals surface area contributed by atoms with E-state index in [9.17, 15) is 4.79 Å². The number of hydrogen-bond acceptors (Lipinski definition) is 2. The van der Waals surface area contributed by atoms with Gasteiger partial charge in [0.25, 0.3) is 5.91 Å². The smallest absolute Gasteiger partial charge is 0.251 e. The van der Waals surface area contributed by atoms with Crippen LogP contribution in [0.1, 0.15) is 64.5 Å². The molecule has 1 aromatic heterocycles. The van der Waals surface area contributed by atoms with Crippen molar-refractivity contribution in [2.24, 2.45) is 0 Å². The third kappa shape index (κ3) is 4.92. The lowest BCUT2D eigenvalue weighted by Crippen LogP contribution is -2.26. The Bertz CT molecular complexity index is 1560. The van der Waals surface area contributed by atoms with Crippen molar-refractivity contribution in [3.05, 3.63) is 125 Å². The summed E-state index contributed by atoms with van der Waals surface area (Å²) in [6.45, 7) is 4.74. The fourth-order valence-electron chi connectivity index (χ4n) is 5.07. The predicted octanol–water partition coefficient (Wildman–Crippen LogP) is 7.43. The van der Waals surface area contributed by atoms with Crippen LogP contribution in [0.4, 0.5) is 0 Å². The van der Waals surface area contributed by atoms with Gasteiger partial charge >= 0.3 is 0 Å². The van der Waals surface area contributed by atoms with Crippen molar-refractivity contribution >= 4 is 16.8 Å². The second-order valence-electron chi connectivity index (χ2n) is 10.2. The summed E-state index contributed by atoms with van der Waals surface area (Å²) in [4.78, 5) is 13.1. The molecular weight excluding hydrogens is 454 g/mol. The van der Waals surface area contributed by atoms with Gasteiger partial charge in [0.05, 0.1) is 23.8 Å². The number of amides is 1. The number of carbonyl (C=O) groups is 1. The normalized spacial score (nSPS) is 14.0. The first kappa shape index (κ1) is 23.2. The molecule has 1 N–H and O–H groups in total.